The second-order valence-corrected chi connectivity index (χ2v) is 4.96. The molecular formula is C14H22N2O4. The molecule has 6 heteroatoms. The number of allylic oxidation sites excluding steroid dienone is 2. The fourth-order valence-corrected chi connectivity index (χ4v) is 1.81. The molecule has 0 fully saturated rings. The summed E-state index contributed by atoms with van der Waals surface area (Å²) in [6.07, 6.45) is 6.99. The van der Waals surface area contributed by atoms with Crippen molar-refractivity contribution in [3.8, 4) is 0 Å². The van der Waals surface area contributed by atoms with Crippen LogP contribution in [-0.4, -0.2) is 30.6 Å². The fourth-order valence-electron chi connectivity index (χ4n) is 1.81. The summed E-state index contributed by atoms with van der Waals surface area (Å²) in [6.45, 7) is 3.33. The van der Waals surface area contributed by atoms with Gasteiger partial charge in [-0.15, -0.1) is 0 Å². The quantitative estimate of drug-likeness (QED) is 0.571. The van der Waals surface area contributed by atoms with Crippen molar-refractivity contribution in [3.05, 3.63) is 12.2 Å². The first kappa shape index (κ1) is 16.2. The fraction of sp³-hybridized carbons (Fsp3) is 0.643. The minimum Gasteiger partial charge on any atom is -0.456 e. The SMILES string of the molecule is CC[C@@H](C)NC(=O)NC(=O)COC(=O)C[C@H]1C=CCC1. The highest BCUT2D eigenvalue weighted by molar-refractivity contribution is 5.95. The van der Waals surface area contributed by atoms with Crippen LogP contribution in [0.3, 0.4) is 0 Å². The van der Waals surface area contributed by atoms with Crippen molar-refractivity contribution in [2.45, 2.75) is 45.6 Å². The third-order valence-electron chi connectivity index (χ3n) is 3.15. The van der Waals surface area contributed by atoms with Gasteiger partial charge < -0.3 is 10.1 Å². The molecule has 0 spiro atoms. The van der Waals surface area contributed by atoms with E-state index in [1.54, 1.807) is 0 Å². The minimum atomic E-state index is -0.624. The van der Waals surface area contributed by atoms with E-state index in [9.17, 15) is 14.4 Å². The molecule has 0 aliphatic heterocycles. The van der Waals surface area contributed by atoms with Crippen LogP contribution < -0.4 is 10.6 Å². The third kappa shape index (κ3) is 6.36. The molecule has 0 unspecified atom stereocenters. The molecule has 0 saturated carbocycles. The number of imide groups is 1. The summed E-state index contributed by atoms with van der Waals surface area (Å²) in [6, 6.07) is -0.585. The summed E-state index contributed by atoms with van der Waals surface area (Å²) in [5.41, 5.74) is 0. The second kappa shape index (κ2) is 8.35. The summed E-state index contributed by atoms with van der Waals surface area (Å²) < 4.78 is 4.83. The number of urea groups is 1. The first-order valence-corrected chi connectivity index (χ1v) is 6.94. The van der Waals surface area contributed by atoms with Gasteiger partial charge in [0.15, 0.2) is 6.61 Å². The molecule has 0 aromatic carbocycles. The molecule has 0 aromatic rings. The number of amides is 3. The van der Waals surface area contributed by atoms with Crippen molar-refractivity contribution in [2.75, 3.05) is 6.61 Å². The topological polar surface area (TPSA) is 84.5 Å². The Balaban J connectivity index is 2.17. The number of ether oxygens (including phenoxy) is 1. The highest BCUT2D eigenvalue weighted by atomic mass is 16.5. The van der Waals surface area contributed by atoms with Crippen LogP contribution >= 0.6 is 0 Å². The van der Waals surface area contributed by atoms with Gasteiger partial charge in [0, 0.05) is 6.04 Å². The van der Waals surface area contributed by atoms with E-state index in [0.717, 1.165) is 19.3 Å². The molecule has 2 atom stereocenters. The number of esters is 1. The molecule has 0 radical (unpaired) electrons. The van der Waals surface area contributed by atoms with Gasteiger partial charge in [-0.05, 0) is 32.1 Å². The third-order valence-corrected chi connectivity index (χ3v) is 3.15. The molecule has 3 amide bonds. The lowest BCUT2D eigenvalue weighted by Crippen LogP contribution is -2.44. The predicted octanol–water partition coefficient (Wildman–Crippen LogP) is 1.51. The molecule has 0 heterocycles. The largest absolute Gasteiger partial charge is 0.456 e. The zero-order chi connectivity index (χ0) is 15.0. The lowest BCUT2D eigenvalue weighted by Gasteiger charge is -2.12. The average Bonchev–Trinajstić information content (AvgIpc) is 2.88. The molecule has 0 saturated heterocycles. The Labute approximate surface area is 118 Å². The minimum absolute atomic E-state index is 0.0143. The van der Waals surface area contributed by atoms with Crippen LogP contribution in [0.25, 0.3) is 0 Å². The van der Waals surface area contributed by atoms with Gasteiger partial charge >= 0.3 is 12.0 Å². The molecule has 20 heavy (non-hydrogen) atoms. The van der Waals surface area contributed by atoms with Crippen molar-refractivity contribution in [2.24, 2.45) is 5.92 Å². The number of carbonyl (C=O) groups excluding carboxylic acids is 3. The van der Waals surface area contributed by atoms with E-state index >= 15 is 0 Å². The summed E-state index contributed by atoms with van der Waals surface area (Å²) in [5.74, 6) is -0.834. The average molecular weight is 282 g/mol. The van der Waals surface area contributed by atoms with E-state index in [-0.39, 0.29) is 18.4 Å². The van der Waals surface area contributed by atoms with Gasteiger partial charge in [-0.25, -0.2) is 4.79 Å². The highest BCUT2D eigenvalue weighted by Gasteiger charge is 2.16. The van der Waals surface area contributed by atoms with E-state index < -0.39 is 24.5 Å². The molecule has 1 aliphatic rings. The van der Waals surface area contributed by atoms with Crippen molar-refractivity contribution in [1.29, 1.82) is 0 Å². The number of hydrogen-bond donors (Lipinski definition) is 2. The van der Waals surface area contributed by atoms with Crippen molar-refractivity contribution in [1.82, 2.24) is 10.6 Å². The standard InChI is InChI=1S/C14H22N2O4/c1-3-10(2)15-14(19)16-12(17)9-20-13(18)8-11-6-4-5-7-11/h4,6,10-11H,3,5,7-9H2,1-2H3,(H2,15,16,17,19)/t10-,11+/m1/s1. The predicted molar refractivity (Wildman–Crippen MR) is 73.9 cm³/mol. The first-order valence-electron chi connectivity index (χ1n) is 6.94. The van der Waals surface area contributed by atoms with Crippen LogP contribution in [0.15, 0.2) is 12.2 Å². The number of rotatable bonds is 6. The lowest BCUT2D eigenvalue weighted by atomic mass is 10.1. The molecule has 2 N–H and O–H groups in total. The van der Waals surface area contributed by atoms with Gasteiger partial charge in [-0.1, -0.05) is 19.1 Å². The van der Waals surface area contributed by atoms with Crippen LogP contribution in [0.1, 0.15) is 39.5 Å². The summed E-state index contributed by atoms with van der Waals surface area (Å²) in [5, 5.41) is 4.70. The molecule has 1 aliphatic carbocycles. The molecule has 0 aromatic heterocycles. The normalized spacial score (nSPS) is 18.4. The Morgan fingerprint density at radius 3 is 2.75 bits per heavy atom. The summed E-state index contributed by atoms with van der Waals surface area (Å²) in [4.78, 5) is 34.2. The van der Waals surface area contributed by atoms with Crippen LogP contribution in [0.4, 0.5) is 4.79 Å². The van der Waals surface area contributed by atoms with E-state index in [4.69, 9.17) is 4.74 Å². The number of hydrogen-bond acceptors (Lipinski definition) is 4. The first-order chi connectivity index (χ1) is 9.51. The van der Waals surface area contributed by atoms with Crippen molar-refractivity contribution >= 4 is 17.9 Å². The van der Waals surface area contributed by atoms with Crippen LogP contribution in [0.5, 0.6) is 0 Å². The molecule has 112 valence electrons. The Kier molecular flexibility index (Phi) is 6.76. The van der Waals surface area contributed by atoms with Crippen molar-refractivity contribution in [3.63, 3.8) is 0 Å². The van der Waals surface area contributed by atoms with Gasteiger partial charge in [0.2, 0.25) is 0 Å². The highest BCUT2D eigenvalue weighted by Crippen LogP contribution is 2.20. The van der Waals surface area contributed by atoms with E-state index in [1.165, 1.54) is 0 Å². The van der Waals surface area contributed by atoms with Gasteiger partial charge in [0.05, 0.1) is 6.42 Å². The Bertz CT molecular complexity index is 393. The van der Waals surface area contributed by atoms with E-state index in [2.05, 4.69) is 10.6 Å². The zero-order valence-corrected chi connectivity index (χ0v) is 12.0. The second-order valence-electron chi connectivity index (χ2n) is 4.96. The zero-order valence-electron chi connectivity index (χ0n) is 12.0. The Morgan fingerprint density at radius 1 is 1.40 bits per heavy atom. The maximum atomic E-state index is 11.5. The molecule has 0 bridgehead atoms. The Hall–Kier alpha value is -1.85. The van der Waals surface area contributed by atoms with Gasteiger partial charge in [-0.2, -0.15) is 0 Å². The lowest BCUT2D eigenvalue weighted by molar-refractivity contribution is -0.148. The van der Waals surface area contributed by atoms with E-state index in [0.29, 0.717) is 0 Å². The molecular weight excluding hydrogens is 260 g/mol. The van der Waals surface area contributed by atoms with Gasteiger partial charge in [-0.3, -0.25) is 14.9 Å². The number of nitrogens with one attached hydrogen (secondary N) is 2. The Morgan fingerprint density at radius 2 is 2.15 bits per heavy atom. The maximum absolute atomic E-state index is 11.5. The number of carbonyl (C=O) groups is 3. The van der Waals surface area contributed by atoms with Crippen LogP contribution in [-0.2, 0) is 14.3 Å². The van der Waals surface area contributed by atoms with Gasteiger partial charge in [0.1, 0.15) is 0 Å². The van der Waals surface area contributed by atoms with Gasteiger partial charge in [0.25, 0.3) is 5.91 Å². The summed E-state index contributed by atoms with van der Waals surface area (Å²) >= 11 is 0. The molecule has 6 nitrogen and oxygen atoms in total. The summed E-state index contributed by atoms with van der Waals surface area (Å²) in [7, 11) is 0. The van der Waals surface area contributed by atoms with Crippen molar-refractivity contribution < 1.29 is 19.1 Å². The smallest absolute Gasteiger partial charge is 0.321 e. The van der Waals surface area contributed by atoms with E-state index in [1.807, 2.05) is 26.0 Å². The molecule has 1 rings (SSSR count). The maximum Gasteiger partial charge on any atom is 0.321 e. The monoisotopic (exact) mass is 282 g/mol. The van der Waals surface area contributed by atoms with Crippen LogP contribution in [0.2, 0.25) is 0 Å². The van der Waals surface area contributed by atoms with Crippen LogP contribution in [0, 0.1) is 5.92 Å².